The second kappa shape index (κ2) is 13.0. The number of benzene rings is 2. The van der Waals surface area contributed by atoms with E-state index in [1.807, 2.05) is 0 Å². The molecular weight excluding hydrogens is 675 g/mol. The molecule has 2 aromatic carbocycles. The molecule has 2 aromatic heterocycles. The van der Waals surface area contributed by atoms with E-state index in [-0.39, 0.29) is 50.6 Å². The lowest BCUT2D eigenvalue weighted by atomic mass is 9.96. The van der Waals surface area contributed by atoms with Crippen LogP contribution in [0.5, 0.6) is 5.75 Å². The van der Waals surface area contributed by atoms with Crippen LogP contribution in [0, 0.1) is 5.82 Å². The Kier molecular flexibility index (Phi) is 9.70. The molecule has 0 bridgehead atoms. The number of pyridine rings is 1. The number of methoxy groups -OCH3 is 1. The summed E-state index contributed by atoms with van der Waals surface area (Å²) < 4.78 is 156. The van der Waals surface area contributed by atoms with Gasteiger partial charge >= 0.3 is 24.2 Å². The Labute approximate surface area is 263 Å². The fourth-order valence-electron chi connectivity index (χ4n) is 4.57. The number of carbonyl (C=O) groups is 2. The van der Waals surface area contributed by atoms with Gasteiger partial charge in [0.2, 0.25) is 5.71 Å². The van der Waals surface area contributed by atoms with Crippen LogP contribution in [-0.2, 0) is 6.42 Å². The molecule has 0 saturated heterocycles. The first-order chi connectivity index (χ1) is 22.2. The Morgan fingerprint density at radius 1 is 0.875 bits per heavy atom. The Morgan fingerprint density at radius 2 is 1.50 bits per heavy atom. The van der Waals surface area contributed by atoms with Crippen molar-refractivity contribution < 1.29 is 67.0 Å². The third kappa shape index (κ3) is 7.16. The van der Waals surface area contributed by atoms with Gasteiger partial charge in [0.05, 0.1) is 35.9 Å². The van der Waals surface area contributed by atoms with Gasteiger partial charge in [-0.25, -0.2) is 9.37 Å². The van der Waals surface area contributed by atoms with Gasteiger partial charge in [0.15, 0.2) is 0 Å². The Hall–Kier alpha value is -4.90. The van der Waals surface area contributed by atoms with Gasteiger partial charge in [0, 0.05) is 24.6 Å². The summed E-state index contributed by atoms with van der Waals surface area (Å²) in [6.07, 6.45) is -13.5. The Bertz CT molecular complexity index is 1830. The molecule has 0 saturated carbocycles. The van der Waals surface area contributed by atoms with Gasteiger partial charge in [-0.2, -0.15) is 43.9 Å². The number of ether oxygens (including phenoxy) is 1. The highest BCUT2D eigenvalue weighted by atomic mass is 19.4. The zero-order valence-corrected chi connectivity index (χ0v) is 24.5. The van der Waals surface area contributed by atoms with Crippen molar-refractivity contribution in [3.8, 4) is 28.2 Å². The number of fused-ring (bicyclic) bond motifs is 1. The molecule has 2 heterocycles. The summed E-state index contributed by atoms with van der Waals surface area (Å²) in [7, 11) is 2.28. The van der Waals surface area contributed by atoms with Crippen LogP contribution in [-0.4, -0.2) is 61.7 Å². The molecule has 0 aliphatic carbocycles. The zero-order chi connectivity index (χ0) is 35.8. The minimum atomic E-state index is -6.64. The van der Waals surface area contributed by atoms with Crippen molar-refractivity contribution >= 4 is 22.9 Å². The average Bonchev–Trinajstić information content (AvgIpc) is 3.39. The summed E-state index contributed by atoms with van der Waals surface area (Å²) in [6, 6.07) is 9.04. The molecular formula is C30H22F11N3O4. The van der Waals surface area contributed by atoms with Crippen LogP contribution in [0.25, 0.3) is 33.6 Å². The predicted octanol–water partition coefficient (Wildman–Crippen LogP) is 7.73. The first-order valence-electron chi connectivity index (χ1n) is 13.5. The summed E-state index contributed by atoms with van der Waals surface area (Å²) in [5.41, 5.74) is -1.46. The van der Waals surface area contributed by atoms with E-state index < -0.39 is 66.8 Å². The number of hydrogen-bond acceptors (Lipinski definition) is 5. The highest BCUT2D eigenvalue weighted by Gasteiger charge is 2.72. The molecule has 48 heavy (non-hydrogen) atoms. The van der Waals surface area contributed by atoms with Crippen LogP contribution in [0.4, 0.5) is 48.3 Å². The molecule has 0 fully saturated rings. The number of rotatable bonds is 10. The maximum atomic E-state index is 13.9. The van der Waals surface area contributed by atoms with E-state index in [1.54, 1.807) is 0 Å². The Balaban J connectivity index is 1.87. The zero-order valence-electron chi connectivity index (χ0n) is 24.5. The number of aromatic nitrogens is 1. The molecule has 2 amide bonds. The highest BCUT2D eigenvalue weighted by Crippen LogP contribution is 2.46. The van der Waals surface area contributed by atoms with Crippen LogP contribution in [0.15, 0.2) is 52.9 Å². The van der Waals surface area contributed by atoms with E-state index in [0.29, 0.717) is 0 Å². The second-order valence-corrected chi connectivity index (χ2v) is 10.2. The van der Waals surface area contributed by atoms with Crippen molar-refractivity contribution in [3.63, 3.8) is 0 Å². The molecule has 18 heteroatoms. The SMILES string of the molecule is CNC(=O)c1c(-c2ccc(F)cc2)oc2nc(CCC(F)(F)F)c(-c3ccc(OC)c(C(=O)NCC(F)(F)C(F)(F)C(F)(F)F)c3)cc12. The van der Waals surface area contributed by atoms with Crippen molar-refractivity contribution in [2.75, 3.05) is 20.7 Å². The Morgan fingerprint density at radius 3 is 2.06 bits per heavy atom. The minimum Gasteiger partial charge on any atom is -0.496 e. The van der Waals surface area contributed by atoms with Crippen molar-refractivity contribution in [1.29, 1.82) is 0 Å². The fourth-order valence-corrected chi connectivity index (χ4v) is 4.57. The fraction of sp³-hybridized carbons (Fsp3) is 0.300. The standard InChI is InChI=1S/C30H22F11N3O4/c1-42-25(46)22-19-12-17(20(9-10-28(34,35)36)44-26(19)48-23(22)14-3-6-16(31)7-4-14)15-5-8-21(47-2)18(11-15)24(45)43-13-27(32,33)29(37,38)30(39,40)41/h3-8,11-12H,9-10,13H2,1-2H3,(H,42,46)(H,43,45). The molecule has 2 N–H and O–H groups in total. The first kappa shape index (κ1) is 35.9. The van der Waals surface area contributed by atoms with Crippen LogP contribution >= 0.6 is 0 Å². The summed E-state index contributed by atoms with van der Waals surface area (Å²) >= 11 is 0. The summed E-state index contributed by atoms with van der Waals surface area (Å²) in [5, 5.41) is 3.64. The molecule has 0 spiro atoms. The van der Waals surface area contributed by atoms with Crippen molar-refractivity contribution in [3.05, 3.63) is 71.2 Å². The van der Waals surface area contributed by atoms with E-state index >= 15 is 0 Å². The van der Waals surface area contributed by atoms with Gasteiger partial charge in [-0.05, 0) is 54.4 Å². The molecule has 0 unspecified atom stereocenters. The van der Waals surface area contributed by atoms with Crippen LogP contribution < -0.4 is 15.4 Å². The van der Waals surface area contributed by atoms with Crippen molar-refractivity contribution in [1.82, 2.24) is 15.6 Å². The topological polar surface area (TPSA) is 93.5 Å². The lowest BCUT2D eigenvalue weighted by molar-refractivity contribution is -0.352. The molecule has 4 aromatic rings. The van der Waals surface area contributed by atoms with E-state index in [1.165, 1.54) is 36.6 Å². The molecule has 258 valence electrons. The van der Waals surface area contributed by atoms with E-state index in [0.717, 1.165) is 31.4 Å². The molecule has 0 radical (unpaired) electrons. The average molecular weight is 698 g/mol. The largest absolute Gasteiger partial charge is 0.496 e. The van der Waals surface area contributed by atoms with E-state index in [2.05, 4.69) is 10.3 Å². The van der Waals surface area contributed by atoms with Gasteiger partial charge in [-0.1, -0.05) is 6.07 Å². The number of aryl methyl sites for hydroxylation is 1. The number of alkyl halides is 10. The van der Waals surface area contributed by atoms with Gasteiger partial charge < -0.3 is 19.8 Å². The van der Waals surface area contributed by atoms with Gasteiger partial charge in [-0.15, -0.1) is 0 Å². The van der Waals surface area contributed by atoms with Crippen LogP contribution in [0.2, 0.25) is 0 Å². The lowest BCUT2D eigenvalue weighted by Crippen LogP contribution is -2.56. The smallest absolute Gasteiger partial charge is 0.459 e. The number of carbonyl (C=O) groups excluding carboxylic acids is 2. The van der Waals surface area contributed by atoms with E-state index in [4.69, 9.17) is 9.15 Å². The number of nitrogens with zero attached hydrogens (tertiary/aromatic N) is 1. The lowest BCUT2D eigenvalue weighted by Gasteiger charge is -2.28. The number of amides is 2. The summed E-state index contributed by atoms with van der Waals surface area (Å²) in [4.78, 5) is 30.0. The first-order valence-corrected chi connectivity index (χ1v) is 13.5. The van der Waals surface area contributed by atoms with Crippen LogP contribution in [0.3, 0.4) is 0 Å². The van der Waals surface area contributed by atoms with Crippen LogP contribution in [0.1, 0.15) is 32.8 Å². The normalized spacial score (nSPS) is 12.7. The maximum Gasteiger partial charge on any atom is 0.459 e. The van der Waals surface area contributed by atoms with E-state index in [9.17, 15) is 57.9 Å². The molecule has 4 rings (SSSR count). The van der Waals surface area contributed by atoms with Gasteiger partial charge in [-0.3, -0.25) is 9.59 Å². The maximum absolute atomic E-state index is 13.9. The number of halogens is 11. The predicted molar refractivity (Wildman–Crippen MR) is 147 cm³/mol. The third-order valence-corrected chi connectivity index (χ3v) is 7.01. The van der Waals surface area contributed by atoms with Gasteiger partial charge in [0.25, 0.3) is 11.8 Å². The quantitative estimate of drug-likeness (QED) is 0.166. The molecule has 7 nitrogen and oxygen atoms in total. The number of hydrogen-bond donors (Lipinski definition) is 2. The second-order valence-electron chi connectivity index (χ2n) is 10.2. The monoisotopic (exact) mass is 697 g/mol. The summed E-state index contributed by atoms with van der Waals surface area (Å²) in [6.45, 7) is -2.45. The van der Waals surface area contributed by atoms with Crippen molar-refractivity contribution in [2.45, 2.75) is 37.0 Å². The molecule has 0 aliphatic rings. The third-order valence-electron chi connectivity index (χ3n) is 7.01. The number of furan rings is 1. The van der Waals surface area contributed by atoms with Gasteiger partial charge in [0.1, 0.15) is 17.3 Å². The molecule has 0 atom stereocenters. The minimum absolute atomic E-state index is 0.0460. The van der Waals surface area contributed by atoms with Crippen molar-refractivity contribution in [2.24, 2.45) is 0 Å². The highest BCUT2D eigenvalue weighted by molar-refractivity contribution is 6.11. The summed E-state index contributed by atoms with van der Waals surface area (Å²) in [5.74, 6) is -15.7. The molecule has 0 aliphatic heterocycles. The number of nitrogens with one attached hydrogen (secondary N) is 2.